The van der Waals surface area contributed by atoms with Gasteiger partial charge in [0.05, 0.1) is 16.7 Å². The molecule has 9 nitrogen and oxygen atoms in total. The van der Waals surface area contributed by atoms with E-state index in [1.807, 2.05) is 18.2 Å². The van der Waals surface area contributed by atoms with E-state index in [-0.39, 0.29) is 29.0 Å². The molecule has 0 fully saturated rings. The van der Waals surface area contributed by atoms with Crippen molar-refractivity contribution in [1.29, 1.82) is 0 Å². The van der Waals surface area contributed by atoms with Crippen molar-refractivity contribution in [2.45, 2.75) is 32.3 Å². The van der Waals surface area contributed by atoms with Gasteiger partial charge in [0.2, 0.25) is 6.10 Å². The lowest BCUT2D eigenvalue weighted by Crippen LogP contribution is -2.42. The van der Waals surface area contributed by atoms with Crippen LogP contribution < -0.4 is 14.9 Å². The molecule has 1 heterocycles. The molecule has 2 N–H and O–H groups in total. The number of hydrazone groups is 1. The Kier molecular flexibility index (Phi) is 5.40. The summed E-state index contributed by atoms with van der Waals surface area (Å²) in [5, 5.41) is 24.3. The molecular weight excluding hydrogens is 378 g/mol. The van der Waals surface area contributed by atoms with Crippen LogP contribution in [0.4, 0.5) is 5.69 Å². The van der Waals surface area contributed by atoms with Gasteiger partial charge in [-0.25, -0.2) is 5.43 Å². The molecule has 3 rings (SSSR count). The number of hydrogen-bond acceptors (Lipinski definition) is 7. The predicted octanol–water partition coefficient (Wildman–Crippen LogP) is 2.89. The Morgan fingerprint density at radius 2 is 2.03 bits per heavy atom. The fraction of sp³-hybridized carbons (Fsp3) is 0.300. The zero-order valence-corrected chi connectivity index (χ0v) is 16.2. The average molecular weight is 399 g/mol. The molecular formula is C20H21N3O6. The molecule has 0 bridgehead atoms. The number of fused-ring (bicyclic) bond motifs is 1. The van der Waals surface area contributed by atoms with Crippen LogP contribution in [0.2, 0.25) is 0 Å². The Hall–Kier alpha value is -3.62. The number of nitrogens with zero attached hydrogens (tertiary/aromatic N) is 2. The van der Waals surface area contributed by atoms with Crippen molar-refractivity contribution < 1.29 is 24.3 Å². The molecule has 0 unspecified atom stereocenters. The standard InChI is InChI=1S/C20H21N3O6/c1-20(2,3)13-4-7-16-17(9-13)29-18(11-28-16)19(25)22-21-10-12-8-14(24)5-6-15(12)23(26)27/h4-10,18,24H,11H2,1-3H3,(H,22,25)/b21-10+/t18-/m0/s1. The van der Waals surface area contributed by atoms with Gasteiger partial charge < -0.3 is 14.6 Å². The zero-order valence-electron chi connectivity index (χ0n) is 16.2. The molecule has 0 radical (unpaired) electrons. The number of carbonyl (C=O) groups is 1. The first-order chi connectivity index (χ1) is 13.6. The summed E-state index contributed by atoms with van der Waals surface area (Å²) in [7, 11) is 0. The van der Waals surface area contributed by atoms with Crippen LogP contribution in [0, 0.1) is 10.1 Å². The number of hydrogen-bond donors (Lipinski definition) is 2. The topological polar surface area (TPSA) is 123 Å². The quantitative estimate of drug-likeness (QED) is 0.463. The molecule has 1 atom stereocenters. The van der Waals surface area contributed by atoms with Crippen LogP contribution >= 0.6 is 0 Å². The molecule has 0 aromatic heterocycles. The van der Waals surface area contributed by atoms with E-state index in [9.17, 15) is 20.0 Å². The average Bonchev–Trinajstić information content (AvgIpc) is 2.66. The zero-order chi connectivity index (χ0) is 21.2. The summed E-state index contributed by atoms with van der Waals surface area (Å²) in [4.78, 5) is 22.8. The molecule has 2 aromatic rings. The van der Waals surface area contributed by atoms with Crippen molar-refractivity contribution in [3.05, 3.63) is 57.6 Å². The van der Waals surface area contributed by atoms with Crippen LogP contribution in [0.25, 0.3) is 0 Å². The maximum absolute atomic E-state index is 12.4. The van der Waals surface area contributed by atoms with Gasteiger partial charge in [0.1, 0.15) is 12.4 Å². The molecule has 0 spiro atoms. The van der Waals surface area contributed by atoms with Crippen LogP contribution in [0.3, 0.4) is 0 Å². The number of nitrogens with one attached hydrogen (secondary N) is 1. The van der Waals surface area contributed by atoms with Gasteiger partial charge in [0.25, 0.3) is 11.6 Å². The first kappa shape index (κ1) is 20.1. The lowest BCUT2D eigenvalue weighted by atomic mass is 9.87. The second-order valence-corrected chi connectivity index (χ2v) is 7.56. The van der Waals surface area contributed by atoms with E-state index in [0.717, 1.165) is 17.8 Å². The number of nitro groups is 1. The number of aromatic hydroxyl groups is 1. The van der Waals surface area contributed by atoms with E-state index in [1.54, 1.807) is 0 Å². The summed E-state index contributed by atoms with van der Waals surface area (Å²) in [6.07, 6.45) is 0.166. The molecule has 0 aliphatic carbocycles. The minimum absolute atomic E-state index is 0.00942. The highest BCUT2D eigenvalue weighted by atomic mass is 16.6. The first-order valence-corrected chi connectivity index (χ1v) is 8.89. The van der Waals surface area contributed by atoms with E-state index in [2.05, 4.69) is 31.3 Å². The summed E-state index contributed by atoms with van der Waals surface area (Å²) >= 11 is 0. The van der Waals surface area contributed by atoms with Gasteiger partial charge >= 0.3 is 0 Å². The minimum atomic E-state index is -0.922. The highest BCUT2D eigenvalue weighted by molar-refractivity contribution is 5.88. The van der Waals surface area contributed by atoms with E-state index in [0.29, 0.717) is 11.5 Å². The third-order valence-electron chi connectivity index (χ3n) is 4.35. The second-order valence-electron chi connectivity index (χ2n) is 7.56. The maximum atomic E-state index is 12.4. The number of ether oxygens (including phenoxy) is 2. The van der Waals surface area contributed by atoms with Crippen LogP contribution in [0.15, 0.2) is 41.5 Å². The minimum Gasteiger partial charge on any atom is -0.508 e. The van der Waals surface area contributed by atoms with Crippen LogP contribution in [0.1, 0.15) is 31.9 Å². The molecule has 0 saturated carbocycles. The Balaban J connectivity index is 1.69. The predicted molar refractivity (Wildman–Crippen MR) is 106 cm³/mol. The van der Waals surface area contributed by atoms with Crippen molar-refractivity contribution in [1.82, 2.24) is 5.43 Å². The number of carbonyl (C=O) groups excluding carboxylic acids is 1. The van der Waals surface area contributed by atoms with Gasteiger partial charge in [-0.2, -0.15) is 5.10 Å². The van der Waals surface area contributed by atoms with E-state index in [4.69, 9.17) is 9.47 Å². The molecule has 2 aromatic carbocycles. The number of phenolic OH excluding ortho intramolecular Hbond substituents is 1. The number of rotatable bonds is 4. The third-order valence-corrected chi connectivity index (χ3v) is 4.35. The van der Waals surface area contributed by atoms with Crippen molar-refractivity contribution in [3.63, 3.8) is 0 Å². The van der Waals surface area contributed by atoms with Crippen molar-refractivity contribution in [2.24, 2.45) is 5.10 Å². The molecule has 29 heavy (non-hydrogen) atoms. The SMILES string of the molecule is CC(C)(C)c1ccc2c(c1)O[C@H](C(=O)N/N=C/c1cc(O)ccc1[N+](=O)[O-])CO2. The van der Waals surface area contributed by atoms with Crippen LogP contribution in [-0.4, -0.2) is 34.9 Å². The maximum Gasteiger partial charge on any atom is 0.284 e. The summed E-state index contributed by atoms with van der Waals surface area (Å²) in [6, 6.07) is 9.13. The number of benzene rings is 2. The normalized spacial score (nSPS) is 15.9. The molecule has 9 heteroatoms. The van der Waals surface area contributed by atoms with Gasteiger partial charge in [-0.3, -0.25) is 14.9 Å². The highest BCUT2D eigenvalue weighted by Crippen LogP contribution is 2.36. The lowest BCUT2D eigenvalue weighted by molar-refractivity contribution is -0.385. The number of phenols is 1. The summed E-state index contributed by atoms with van der Waals surface area (Å²) in [5.74, 6) is 0.312. The Morgan fingerprint density at radius 3 is 2.72 bits per heavy atom. The van der Waals surface area contributed by atoms with E-state index in [1.165, 1.54) is 12.1 Å². The summed E-state index contributed by atoms with van der Waals surface area (Å²) < 4.78 is 11.3. The Morgan fingerprint density at radius 1 is 1.28 bits per heavy atom. The van der Waals surface area contributed by atoms with E-state index >= 15 is 0 Å². The molecule has 1 amide bonds. The Bertz CT molecular complexity index is 981. The van der Waals surface area contributed by atoms with Gasteiger partial charge in [-0.05, 0) is 35.2 Å². The van der Waals surface area contributed by atoms with Crippen molar-refractivity contribution in [3.8, 4) is 17.2 Å². The highest BCUT2D eigenvalue weighted by Gasteiger charge is 2.28. The molecule has 152 valence electrons. The summed E-state index contributed by atoms with van der Waals surface area (Å²) in [5.41, 5.74) is 3.03. The molecule has 1 aliphatic rings. The van der Waals surface area contributed by atoms with Crippen molar-refractivity contribution >= 4 is 17.8 Å². The second kappa shape index (κ2) is 7.78. The van der Waals surface area contributed by atoms with Gasteiger partial charge in [-0.15, -0.1) is 0 Å². The van der Waals surface area contributed by atoms with Crippen LogP contribution in [-0.2, 0) is 10.2 Å². The van der Waals surface area contributed by atoms with Crippen molar-refractivity contribution in [2.75, 3.05) is 6.61 Å². The first-order valence-electron chi connectivity index (χ1n) is 8.89. The monoisotopic (exact) mass is 399 g/mol. The third kappa shape index (κ3) is 4.63. The van der Waals surface area contributed by atoms with E-state index < -0.39 is 16.9 Å². The van der Waals surface area contributed by atoms with Gasteiger partial charge in [0.15, 0.2) is 11.5 Å². The largest absolute Gasteiger partial charge is 0.508 e. The smallest absolute Gasteiger partial charge is 0.284 e. The fourth-order valence-electron chi connectivity index (χ4n) is 2.72. The van der Waals surface area contributed by atoms with Gasteiger partial charge in [-0.1, -0.05) is 26.8 Å². The van der Waals surface area contributed by atoms with Gasteiger partial charge in [0, 0.05) is 6.07 Å². The fourth-order valence-corrected chi connectivity index (χ4v) is 2.72. The number of amides is 1. The van der Waals surface area contributed by atoms with Crippen LogP contribution in [0.5, 0.6) is 17.2 Å². The molecule has 0 saturated heterocycles. The number of nitro benzene ring substituents is 1. The molecule has 1 aliphatic heterocycles. The Labute approximate surface area is 167 Å². The summed E-state index contributed by atoms with van der Waals surface area (Å²) in [6.45, 7) is 6.21. The lowest BCUT2D eigenvalue weighted by Gasteiger charge is -2.27.